The largest absolute Gasteiger partial charge is 0.461 e. The molecule has 2 heterocycles. The number of carbonyl (C=O) groups excluding carboxylic acids is 1. The molecule has 16 heavy (non-hydrogen) atoms. The second-order valence-electron chi connectivity index (χ2n) is 4.63. The van der Waals surface area contributed by atoms with Gasteiger partial charge < -0.3 is 4.74 Å². The molecule has 0 N–H and O–H groups in total. The summed E-state index contributed by atoms with van der Waals surface area (Å²) >= 11 is 0. The molecule has 0 spiro atoms. The summed E-state index contributed by atoms with van der Waals surface area (Å²) in [6, 6.07) is 10.5. The van der Waals surface area contributed by atoms with Gasteiger partial charge in [0.2, 0.25) is 0 Å². The van der Waals surface area contributed by atoms with Gasteiger partial charge in [0.1, 0.15) is 6.61 Å². The summed E-state index contributed by atoms with van der Waals surface area (Å²) in [6.07, 6.45) is 0.994. The molecule has 3 heteroatoms. The fourth-order valence-corrected chi connectivity index (χ4v) is 2.37. The standard InChI is InChI=1S/C13H15NO2/c15-13(11-6-12-8-14(12)7-11)16-9-10-4-2-1-3-5-10/h1-5,11-12H,6-9H2. The van der Waals surface area contributed by atoms with Gasteiger partial charge in [0.15, 0.2) is 0 Å². The van der Waals surface area contributed by atoms with Crippen molar-refractivity contribution in [3.8, 4) is 0 Å². The topological polar surface area (TPSA) is 29.3 Å². The molecule has 0 saturated carbocycles. The summed E-state index contributed by atoms with van der Waals surface area (Å²) in [4.78, 5) is 14.1. The molecule has 1 aromatic carbocycles. The second-order valence-corrected chi connectivity index (χ2v) is 4.63. The van der Waals surface area contributed by atoms with Crippen LogP contribution < -0.4 is 0 Å². The highest BCUT2D eigenvalue weighted by molar-refractivity contribution is 5.73. The summed E-state index contributed by atoms with van der Waals surface area (Å²) in [5.41, 5.74) is 1.05. The van der Waals surface area contributed by atoms with E-state index in [0.29, 0.717) is 12.6 Å². The van der Waals surface area contributed by atoms with Crippen LogP contribution in [0.2, 0.25) is 0 Å². The van der Waals surface area contributed by atoms with Crippen LogP contribution in [0.25, 0.3) is 0 Å². The summed E-state index contributed by atoms with van der Waals surface area (Å²) in [6.45, 7) is 2.49. The molecule has 0 amide bonds. The highest BCUT2D eigenvalue weighted by atomic mass is 16.5. The zero-order valence-corrected chi connectivity index (χ0v) is 9.13. The first-order valence-electron chi connectivity index (χ1n) is 5.77. The Morgan fingerprint density at radius 1 is 1.31 bits per heavy atom. The van der Waals surface area contributed by atoms with E-state index in [2.05, 4.69) is 4.90 Å². The lowest BCUT2D eigenvalue weighted by molar-refractivity contribution is -0.149. The quantitative estimate of drug-likeness (QED) is 0.566. The van der Waals surface area contributed by atoms with E-state index in [9.17, 15) is 4.79 Å². The van der Waals surface area contributed by atoms with Crippen LogP contribution in [0.1, 0.15) is 12.0 Å². The van der Waals surface area contributed by atoms with Crippen molar-refractivity contribution in [3.05, 3.63) is 35.9 Å². The van der Waals surface area contributed by atoms with Crippen molar-refractivity contribution in [1.82, 2.24) is 4.90 Å². The first-order valence-corrected chi connectivity index (χ1v) is 5.77. The number of ether oxygens (including phenoxy) is 1. The van der Waals surface area contributed by atoms with Gasteiger partial charge in [-0.15, -0.1) is 0 Å². The maximum atomic E-state index is 11.7. The van der Waals surface area contributed by atoms with Crippen molar-refractivity contribution in [2.75, 3.05) is 13.1 Å². The number of esters is 1. The molecule has 2 saturated heterocycles. The third-order valence-corrected chi connectivity index (χ3v) is 3.40. The molecule has 2 aliphatic heterocycles. The van der Waals surface area contributed by atoms with E-state index in [-0.39, 0.29) is 11.9 Å². The fraction of sp³-hybridized carbons (Fsp3) is 0.462. The Morgan fingerprint density at radius 2 is 2.12 bits per heavy atom. The van der Waals surface area contributed by atoms with Gasteiger partial charge >= 0.3 is 5.97 Å². The number of hydrogen-bond donors (Lipinski definition) is 0. The molecule has 2 aliphatic rings. The first kappa shape index (κ1) is 9.85. The van der Waals surface area contributed by atoms with Crippen LogP contribution in [0.3, 0.4) is 0 Å². The van der Waals surface area contributed by atoms with E-state index in [1.807, 2.05) is 30.3 Å². The molecule has 0 aliphatic carbocycles. The Kier molecular flexibility index (Phi) is 2.40. The van der Waals surface area contributed by atoms with Crippen molar-refractivity contribution in [2.24, 2.45) is 5.92 Å². The van der Waals surface area contributed by atoms with Crippen LogP contribution in [0.15, 0.2) is 30.3 Å². The highest BCUT2D eigenvalue weighted by Gasteiger charge is 2.46. The number of rotatable bonds is 3. The lowest BCUT2D eigenvalue weighted by atomic mass is 10.1. The first-order chi connectivity index (χ1) is 7.83. The molecule has 0 aromatic heterocycles. The number of hydrogen-bond acceptors (Lipinski definition) is 3. The maximum Gasteiger partial charge on any atom is 0.310 e. The summed E-state index contributed by atoms with van der Waals surface area (Å²) in [5.74, 6) is 0.0820. The molecule has 1 aromatic rings. The molecule has 3 nitrogen and oxygen atoms in total. The fourth-order valence-electron chi connectivity index (χ4n) is 2.37. The number of nitrogens with zero attached hydrogens (tertiary/aromatic N) is 1. The molecule has 3 atom stereocenters. The Hall–Kier alpha value is -1.35. The van der Waals surface area contributed by atoms with Gasteiger partial charge in [0, 0.05) is 19.1 Å². The predicted molar refractivity (Wildman–Crippen MR) is 59.7 cm³/mol. The van der Waals surface area contributed by atoms with Crippen LogP contribution in [-0.2, 0) is 16.1 Å². The van der Waals surface area contributed by atoms with Crippen LogP contribution in [0.4, 0.5) is 0 Å². The van der Waals surface area contributed by atoms with Crippen molar-refractivity contribution in [2.45, 2.75) is 19.1 Å². The zero-order valence-electron chi connectivity index (χ0n) is 9.13. The van der Waals surface area contributed by atoms with Crippen molar-refractivity contribution in [1.29, 1.82) is 0 Å². The smallest absolute Gasteiger partial charge is 0.310 e. The maximum absolute atomic E-state index is 11.7. The molecule has 84 valence electrons. The minimum absolute atomic E-state index is 0.0314. The number of piperidine rings is 1. The molecular formula is C13H15NO2. The minimum atomic E-state index is -0.0314. The van der Waals surface area contributed by atoms with E-state index in [0.717, 1.165) is 18.5 Å². The molecule has 3 rings (SSSR count). The van der Waals surface area contributed by atoms with E-state index < -0.39 is 0 Å². The third kappa shape index (κ3) is 1.95. The van der Waals surface area contributed by atoms with Crippen molar-refractivity contribution < 1.29 is 9.53 Å². The monoisotopic (exact) mass is 217 g/mol. The Morgan fingerprint density at radius 3 is 2.81 bits per heavy atom. The van der Waals surface area contributed by atoms with Crippen molar-refractivity contribution in [3.63, 3.8) is 0 Å². The molecular weight excluding hydrogens is 202 g/mol. The lowest BCUT2D eigenvalue weighted by Gasteiger charge is -2.10. The van der Waals surface area contributed by atoms with Gasteiger partial charge in [-0.2, -0.15) is 0 Å². The molecule has 0 bridgehead atoms. The minimum Gasteiger partial charge on any atom is -0.461 e. The number of benzene rings is 1. The van der Waals surface area contributed by atoms with Crippen LogP contribution in [-0.4, -0.2) is 30.0 Å². The van der Waals surface area contributed by atoms with Gasteiger partial charge in [-0.3, -0.25) is 9.69 Å². The SMILES string of the molecule is O=C(OCc1ccccc1)C1CC2CN2C1. The van der Waals surface area contributed by atoms with Gasteiger partial charge in [-0.1, -0.05) is 30.3 Å². The average Bonchev–Trinajstić information content (AvgIpc) is 2.94. The van der Waals surface area contributed by atoms with E-state index in [1.165, 1.54) is 6.54 Å². The van der Waals surface area contributed by atoms with E-state index >= 15 is 0 Å². The Labute approximate surface area is 95.0 Å². The zero-order chi connectivity index (χ0) is 11.0. The Bertz CT molecular complexity index is 380. The van der Waals surface area contributed by atoms with Gasteiger partial charge in [-0.25, -0.2) is 0 Å². The highest BCUT2D eigenvalue weighted by Crippen LogP contribution is 2.34. The van der Waals surface area contributed by atoms with Crippen LogP contribution in [0.5, 0.6) is 0 Å². The lowest BCUT2D eigenvalue weighted by Crippen LogP contribution is -2.21. The van der Waals surface area contributed by atoms with E-state index in [1.54, 1.807) is 0 Å². The average molecular weight is 217 g/mol. The molecule has 0 radical (unpaired) electrons. The number of fused-ring (bicyclic) bond motifs is 1. The molecule has 2 fully saturated rings. The van der Waals surface area contributed by atoms with Crippen LogP contribution >= 0.6 is 0 Å². The van der Waals surface area contributed by atoms with Gasteiger partial charge in [0.05, 0.1) is 5.92 Å². The normalized spacial score (nSPS) is 30.9. The second kappa shape index (κ2) is 3.91. The number of carbonyl (C=O) groups is 1. The predicted octanol–water partition coefficient (Wildman–Crippen LogP) is 1.43. The summed E-state index contributed by atoms with van der Waals surface area (Å²) in [7, 11) is 0. The molecule has 3 unspecified atom stereocenters. The Balaban J connectivity index is 1.50. The third-order valence-electron chi connectivity index (χ3n) is 3.40. The summed E-state index contributed by atoms with van der Waals surface area (Å²) in [5, 5.41) is 0. The van der Waals surface area contributed by atoms with Gasteiger partial charge in [0.25, 0.3) is 0 Å². The summed E-state index contributed by atoms with van der Waals surface area (Å²) < 4.78 is 5.32. The van der Waals surface area contributed by atoms with Crippen molar-refractivity contribution >= 4 is 5.97 Å². The van der Waals surface area contributed by atoms with E-state index in [4.69, 9.17) is 4.74 Å². The van der Waals surface area contributed by atoms with Crippen LogP contribution in [0, 0.1) is 5.92 Å². The van der Waals surface area contributed by atoms with Gasteiger partial charge in [-0.05, 0) is 12.0 Å².